The minimum atomic E-state index is -4.54. The zero-order valence-electron chi connectivity index (χ0n) is 22.7. The van der Waals surface area contributed by atoms with Crippen molar-refractivity contribution in [2.24, 2.45) is 11.8 Å². The average molecular weight is 532 g/mol. The molecule has 0 radical (unpaired) electrons. The molecule has 2 aromatic carbocycles. The number of carboxylic acids is 1. The molecule has 5 rings (SSSR count). The lowest BCUT2D eigenvalue weighted by molar-refractivity contribution is -0.151. The van der Waals surface area contributed by atoms with E-state index in [1.54, 1.807) is 18.2 Å². The molecule has 1 aliphatic carbocycles. The number of halogens is 3. The molecule has 2 saturated heterocycles. The molecular weight excluding hydrogens is 491 g/mol. The number of hydrogen-bond donors (Lipinski definition) is 1. The third-order valence-electron chi connectivity index (χ3n) is 9.72. The molecule has 4 nitrogen and oxygen atoms in total. The van der Waals surface area contributed by atoms with Gasteiger partial charge in [0, 0.05) is 17.6 Å². The fraction of sp³-hybridized carbons (Fsp3) is 0.645. The number of carbonyl (C=O) groups is 1. The standard InChI is InChI=1S/C31H40F3NO3/c1-4-20-7-12-25(13-8-20)38-27-14-11-21-9-10-22(17-26(21)28(27)31(32,33)34)19(2)35-24-6-5-15-30(35,3)18-23(16-24)29(36)37/h9-11,14,17,19-20,23-25H,4-8,12-13,15-16,18H2,1-3H3,(H,36,37). The molecule has 4 unspecified atom stereocenters. The number of carboxylic acid groups (broad SMARTS) is 1. The Kier molecular flexibility index (Phi) is 7.44. The molecule has 3 fully saturated rings. The van der Waals surface area contributed by atoms with Crippen LogP contribution in [0.2, 0.25) is 0 Å². The van der Waals surface area contributed by atoms with Crippen molar-refractivity contribution in [3.63, 3.8) is 0 Å². The van der Waals surface area contributed by atoms with Crippen molar-refractivity contribution < 1.29 is 27.8 Å². The summed E-state index contributed by atoms with van der Waals surface area (Å²) in [7, 11) is 0. The second-order valence-electron chi connectivity index (χ2n) is 12.2. The van der Waals surface area contributed by atoms with Crippen molar-refractivity contribution in [2.45, 2.75) is 115 Å². The summed E-state index contributed by atoms with van der Waals surface area (Å²) in [6.45, 7) is 6.35. The molecule has 1 N–H and O–H groups in total. The van der Waals surface area contributed by atoms with Crippen LogP contribution in [0.15, 0.2) is 30.3 Å². The molecule has 4 atom stereocenters. The molecule has 3 aliphatic rings. The molecule has 2 bridgehead atoms. The third kappa shape index (κ3) is 5.15. The SMILES string of the molecule is CCC1CCC(Oc2ccc3ccc(C(C)N4C5CCCC4(C)CC(C(=O)O)C5)cc3c2C(F)(F)F)CC1. The minimum Gasteiger partial charge on any atom is -0.490 e. The van der Waals surface area contributed by atoms with Gasteiger partial charge in [0.05, 0.1) is 12.0 Å². The van der Waals surface area contributed by atoms with Crippen LogP contribution in [0.3, 0.4) is 0 Å². The fourth-order valence-corrected chi connectivity index (χ4v) is 7.75. The van der Waals surface area contributed by atoms with Crippen LogP contribution in [0, 0.1) is 11.8 Å². The topological polar surface area (TPSA) is 49.8 Å². The van der Waals surface area contributed by atoms with E-state index in [0.717, 1.165) is 56.9 Å². The van der Waals surface area contributed by atoms with E-state index in [4.69, 9.17) is 4.74 Å². The van der Waals surface area contributed by atoms with Crippen molar-refractivity contribution >= 4 is 16.7 Å². The maximum Gasteiger partial charge on any atom is 0.420 e. The summed E-state index contributed by atoms with van der Waals surface area (Å²) < 4.78 is 49.7. The van der Waals surface area contributed by atoms with E-state index in [1.165, 1.54) is 6.07 Å². The van der Waals surface area contributed by atoms with Gasteiger partial charge in [0.15, 0.2) is 0 Å². The molecule has 38 heavy (non-hydrogen) atoms. The van der Waals surface area contributed by atoms with E-state index in [0.29, 0.717) is 24.1 Å². The van der Waals surface area contributed by atoms with Gasteiger partial charge in [-0.1, -0.05) is 38.0 Å². The first-order valence-corrected chi connectivity index (χ1v) is 14.3. The Morgan fingerprint density at radius 1 is 1.16 bits per heavy atom. The predicted molar refractivity (Wildman–Crippen MR) is 142 cm³/mol. The smallest absolute Gasteiger partial charge is 0.420 e. The Morgan fingerprint density at radius 3 is 2.50 bits per heavy atom. The second kappa shape index (κ2) is 10.4. The van der Waals surface area contributed by atoms with Gasteiger partial charge in [-0.2, -0.15) is 13.2 Å². The Morgan fingerprint density at radius 2 is 1.87 bits per heavy atom. The van der Waals surface area contributed by atoms with E-state index < -0.39 is 17.7 Å². The summed E-state index contributed by atoms with van der Waals surface area (Å²) in [6, 6.07) is 8.63. The van der Waals surface area contributed by atoms with Gasteiger partial charge < -0.3 is 9.84 Å². The van der Waals surface area contributed by atoms with Crippen LogP contribution in [0.1, 0.15) is 102 Å². The van der Waals surface area contributed by atoms with Crippen LogP contribution in [0.4, 0.5) is 13.2 Å². The highest BCUT2D eigenvalue weighted by Gasteiger charge is 2.50. The number of piperidine rings is 2. The van der Waals surface area contributed by atoms with Crippen molar-refractivity contribution in [1.29, 1.82) is 0 Å². The number of hydrogen-bond acceptors (Lipinski definition) is 3. The van der Waals surface area contributed by atoms with Crippen molar-refractivity contribution in [3.8, 4) is 5.75 Å². The molecule has 1 saturated carbocycles. The maximum absolute atomic E-state index is 14.6. The quantitative estimate of drug-likeness (QED) is 0.407. The van der Waals surface area contributed by atoms with Crippen LogP contribution in [-0.4, -0.2) is 33.7 Å². The minimum absolute atomic E-state index is 0.0687. The Labute approximate surface area is 223 Å². The number of nitrogens with zero attached hydrogens (tertiary/aromatic N) is 1. The van der Waals surface area contributed by atoms with Gasteiger partial charge in [0.1, 0.15) is 11.3 Å². The van der Waals surface area contributed by atoms with Crippen LogP contribution >= 0.6 is 0 Å². The van der Waals surface area contributed by atoms with Gasteiger partial charge in [-0.25, -0.2) is 0 Å². The lowest BCUT2D eigenvalue weighted by atomic mass is 9.69. The zero-order chi connectivity index (χ0) is 27.2. The van der Waals surface area contributed by atoms with Crippen LogP contribution in [0.25, 0.3) is 10.8 Å². The first-order valence-electron chi connectivity index (χ1n) is 14.3. The van der Waals surface area contributed by atoms with E-state index in [1.807, 2.05) is 6.07 Å². The Bertz CT molecular complexity index is 1170. The number of aliphatic carboxylic acids is 1. The van der Waals surface area contributed by atoms with Crippen molar-refractivity contribution in [1.82, 2.24) is 4.90 Å². The molecule has 0 aromatic heterocycles. The van der Waals surface area contributed by atoms with Gasteiger partial charge in [-0.15, -0.1) is 0 Å². The molecular formula is C31H40F3NO3. The number of rotatable bonds is 6. The van der Waals surface area contributed by atoms with E-state index >= 15 is 0 Å². The first-order chi connectivity index (χ1) is 18.0. The predicted octanol–water partition coefficient (Wildman–Crippen LogP) is 8.38. The molecule has 2 heterocycles. The summed E-state index contributed by atoms with van der Waals surface area (Å²) in [5.41, 5.74) is -0.138. The highest BCUT2D eigenvalue weighted by atomic mass is 19.4. The van der Waals surface area contributed by atoms with E-state index in [2.05, 4.69) is 25.7 Å². The van der Waals surface area contributed by atoms with Gasteiger partial charge in [0.2, 0.25) is 0 Å². The van der Waals surface area contributed by atoms with E-state index in [9.17, 15) is 23.1 Å². The van der Waals surface area contributed by atoms with Crippen molar-refractivity contribution in [2.75, 3.05) is 0 Å². The lowest BCUT2D eigenvalue weighted by Crippen LogP contribution is -2.60. The second-order valence-corrected chi connectivity index (χ2v) is 12.2. The largest absolute Gasteiger partial charge is 0.490 e. The average Bonchev–Trinajstić information content (AvgIpc) is 2.86. The molecule has 2 aromatic rings. The fourth-order valence-electron chi connectivity index (χ4n) is 7.75. The molecule has 7 heteroatoms. The number of fused-ring (bicyclic) bond motifs is 3. The Hall–Kier alpha value is -2.28. The monoisotopic (exact) mass is 531 g/mol. The van der Waals surface area contributed by atoms with Gasteiger partial charge in [0.25, 0.3) is 0 Å². The van der Waals surface area contributed by atoms with Crippen LogP contribution < -0.4 is 4.74 Å². The first kappa shape index (κ1) is 27.3. The van der Waals surface area contributed by atoms with E-state index in [-0.39, 0.29) is 40.8 Å². The summed E-state index contributed by atoms with van der Waals surface area (Å²) in [4.78, 5) is 14.2. The molecule has 0 amide bonds. The van der Waals surface area contributed by atoms with Crippen LogP contribution in [-0.2, 0) is 11.0 Å². The summed E-state index contributed by atoms with van der Waals surface area (Å²) in [5.74, 6) is -0.540. The normalized spacial score (nSPS) is 31.2. The highest BCUT2D eigenvalue weighted by molar-refractivity contribution is 5.89. The van der Waals surface area contributed by atoms with Gasteiger partial charge in [-0.3, -0.25) is 9.69 Å². The zero-order valence-corrected chi connectivity index (χ0v) is 22.7. The Balaban J connectivity index is 1.49. The summed E-state index contributed by atoms with van der Waals surface area (Å²) in [6.07, 6.45) is 3.98. The van der Waals surface area contributed by atoms with Crippen LogP contribution in [0.5, 0.6) is 5.75 Å². The third-order valence-corrected chi connectivity index (χ3v) is 9.72. The summed E-state index contributed by atoms with van der Waals surface area (Å²) in [5, 5.41) is 10.4. The lowest BCUT2D eigenvalue weighted by Gasteiger charge is -2.57. The van der Waals surface area contributed by atoms with Gasteiger partial charge in [-0.05, 0) is 99.6 Å². The van der Waals surface area contributed by atoms with Gasteiger partial charge >= 0.3 is 12.1 Å². The maximum atomic E-state index is 14.6. The number of alkyl halides is 3. The highest BCUT2D eigenvalue weighted by Crippen LogP contribution is 2.49. The van der Waals surface area contributed by atoms with Crippen molar-refractivity contribution in [3.05, 3.63) is 41.5 Å². The molecule has 0 spiro atoms. The molecule has 2 aliphatic heterocycles. The number of benzene rings is 2. The molecule has 208 valence electrons. The number of ether oxygens (including phenoxy) is 1. The summed E-state index contributed by atoms with van der Waals surface area (Å²) >= 11 is 0.